The van der Waals surface area contributed by atoms with Crippen LogP contribution in [-0.2, 0) is 27.5 Å². The number of carbonyl (C=O) groups excluding carboxylic acids is 3. The zero-order chi connectivity index (χ0) is 29.2. The molecule has 1 aliphatic rings. The Morgan fingerprint density at radius 3 is 2.02 bits per heavy atom. The van der Waals surface area contributed by atoms with E-state index in [4.69, 9.17) is 9.47 Å². The summed E-state index contributed by atoms with van der Waals surface area (Å²) in [4.78, 5) is 58.3. The smallest absolute Gasteiger partial charge is 0.410 e. The molecule has 2 aromatic rings. The van der Waals surface area contributed by atoms with Gasteiger partial charge in [-0.3, -0.25) is 25.0 Å². The van der Waals surface area contributed by atoms with Gasteiger partial charge in [-0.05, 0) is 48.2 Å². The monoisotopic (exact) mass is 576 g/mol. The minimum atomic E-state index is -1.04. The normalized spacial score (nSPS) is 17.1. The van der Waals surface area contributed by atoms with Crippen molar-refractivity contribution < 1.29 is 38.8 Å². The van der Waals surface area contributed by atoms with Crippen LogP contribution in [0.15, 0.2) is 48.5 Å². The Bertz CT molecular complexity index is 1230. The van der Waals surface area contributed by atoms with E-state index >= 15 is 0 Å². The lowest BCUT2D eigenvalue weighted by Crippen LogP contribution is -2.44. The Labute approximate surface area is 232 Å². The number of likely N-dealkylation sites (tertiary alicyclic amines) is 1. The van der Waals surface area contributed by atoms with Crippen molar-refractivity contribution in [1.29, 1.82) is 0 Å². The molecule has 1 aliphatic heterocycles. The van der Waals surface area contributed by atoms with Crippen LogP contribution in [0.25, 0.3) is 0 Å². The minimum Gasteiger partial charge on any atom is -0.445 e. The number of nitro benzene ring substituents is 2. The number of rotatable bonds is 11. The number of aliphatic hydroxyl groups is 1. The van der Waals surface area contributed by atoms with E-state index in [2.05, 4.69) is 5.32 Å². The Kier molecular flexibility index (Phi) is 10.8. The summed E-state index contributed by atoms with van der Waals surface area (Å²) in [5, 5.41) is 34.5. The third-order valence-corrected chi connectivity index (χ3v) is 7.06. The number of non-ortho nitro benzene ring substituents is 2. The number of amides is 2. The van der Waals surface area contributed by atoms with Crippen molar-refractivity contribution in [1.82, 2.24) is 10.2 Å². The summed E-state index contributed by atoms with van der Waals surface area (Å²) in [7, 11) is 0. The lowest BCUT2D eigenvalue weighted by molar-refractivity contribution is -0.385. The van der Waals surface area contributed by atoms with Gasteiger partial charge in [0.25, 0.3) is 11.4 Å². The SMILES string of the molecule is CC(=O)S[C@H]1C[C@@H]([C@@H](O)CCNC(=O)OCc2ccc([N+](=O)[O-])cc2)N(C(=O)OCc2ccc([N+](=O)[O-])cc2)C1. The molecule has 0 bridgehead atoms. The van der Waals surface area contributed by atoms with Crippen molar-refractivity contribution in [2.24, 2.45) is 0 Å². The van der Waals surface area contributed by atoms with Gasteiger partial charge >= 0.3 is 12.2 Å². The molecule has 2 amide bonds. The molecule has 214 valence electrons. The van der Waals surface area contributed by atoms with Crippen LogP contribution >= 0.6 is 11.8 Å². The number of carbonyl (C=O) groups is 3. The minimum absolute atomic E-state index is 0.0347. The largest absolute Gasteiger partial charge is 0.445 e. The molecule has 0 aromatic heterocycles. The molecule has 0 aliphatic carbocycles. The number of benzene rings is 2. The van der Waals surface area contributed by atoms with E-state index in [0.717, 1.165) is 11.8 Å². The Balaban J connectivity index is 1.49. The number of ether oxygens (including phenoxy) is 2. The van der Waals surface area contributed by atoms with E-state index in [1.54, 1.807) is 0 Å². The maximum Gasteiger partial charge on any atom is 0.410 e. The van der Waals surface area contributed by atoms with Crippen LogP contribution < -0.4 is 5.32 Å². The number of nitrogens with one attached hydrogen (secondary N) is 1. The molecular weight excluding hydrogens is 548 g/mol. The number of nitrogens with zero attached hydrogens (tertiary/aromatic N) is 3. The highest BCUT2D eigenvalue weighted by atomic mass is 32.2. The van der Waals surface area contributed by atoms with Gasteiger partial charge in [-0.2, -0.15) is 0 Å². The second-order valence-electron chi connectivity index (χ2n) is 8.95. The zero-order valence-electron chi connectivity index (χ0n) is 21.5. The third kappa shape index (κ3) is 8.91. The van der Waals surface area contributed by atoms with Gasteiger partial charge in [0.05, 0.1) is 22.0 Å². The number of hydrogen-bond acceptors (Lipinski definition) is 11. The standard InChI is InChI=1S/C25H28N4O10S/c1-16(30)40-21-12-22(27(13-21)25(33)39-15-18-4-8-20(9-5-18)29(36)37)23(31)10-11-26-24(32)38-14-17-2-6-19(7-3-17)28(34)35/h2-9,21-23,31H,10-15H2,1H3,(H,26,32)/t21-,22-,23-/m0/s1. The highest BCUT2D eigenvalue weighted by Crippen LogP contribution is 2.31. The molecule has 1 saturated heterocycles. The molecule has 0 unspecified atom stereocenters. The quantitative estimate of drug-likeness (QED) is 0.294. The van der Waals surface area contributed by atoms with Gasteiger partial charge in [0.2, 0.25) is 0 Å². The van der Waals surface area contributed by atoms with Gasteiger partial charge in [-0.15, -0.1) is 0 Å². The molecule has 40 heavy (non-hydrogen) atoms. The molecule has 0 radical (unpaired) electrons. The van der Waals surface area contributed by atoms with Crippen LogP contribution in [0.3, 0.4) is 0 Å². The van der Waals surface area contributed by atoms with Crippen molar-refractivity contribution in [3.63, 3.8) is 0 Å². The van der Waals surface area contributed by atoms with Crippen molar-refractivity contribution in [2.75, 3.05) is 13.1 Å². The Morgan fingerprint density at radius 2 is 1.52 bits per heavy atom. The van der Waals surface area contributed by atoms with Crippen molar-refractivity contribution in [3.05, 3.63) is 79.9 Å². The first-order valence-corrected chi connectivity index (χ1v) is 13.1. The first-order valence-electron chi connectivity index (χ1n) is 12.2. The number of aliphatic hydroxyl groups excluding tert-OH is 1. The second-order valence-corrected chi connectivity index (χ2v) is 10.4. The van der Waals surface area contributed by atoms with Crippen molar-refractivity contribution >= 4 is 40.4 Å². The molecule has 1 heterocycles. The summed E-state index contributed by atoms with van der Waals surface area (Å²) in [6, 6.07) is 10.4. The summed E-state index contributed by atoms with van der Waals surface area (Å²) in [6.45, 7) is 1.39. The molecule has 3 atom stereocenters. The summed E-state index contributed by atoms with van der Waals surface area (Å²) in [5.74, 6) is 0. The van der Waals surface area contributed by atoms with E-state index in [-0.39, 0.29) is 54.5 Å². The molecule has 3 rings (SSSR count). The van der Waals surface area contributed by atoms with Gasteiger partial charge < -0.3 is 24.8 Å². The maximum atomic E-state index is 12.9. The van der Waals surface area contributed by atoms with E-state index in [0.29, 0.717) is 17.5 Å². The lowest BCUT2D eigenvalue weighted by Gasteiger charge is -2.28. The second kappa shape index (κ2) is 14.2. The van der Waals surface area contributed by atoms with E-state index in [1.807, 2.05) is 0 Å². The van der Waals surface area contributed by atoms with E-state index in [1.165, 1.54) is 60.4 Å². The van der Waals surface area contributed by atoms with Gasteiger partial charge in [-0.25, -0.2) is 9.59 Å². The molecule has 2 N–H and O–H groups in total. The summed E-state index contributed by atoms with van der Waals surface area (Å²) in [6.07, 6.45) is -2.07. The average Bonchev–Trinajstić information content (AvgIpc) is 3.34. The van der Waals surface area contributed by atoms with Crippen LogP contribution in [-0.4, -0.2) is 67.6 Å². The highest BCUT2D eigenvalue weighted by Gasteiger charge is 2.40. The molecule has 1 fully saturated rings. The van der Waals surface area contributed by atoms with Gasteiger partial charge in [0.15, 0.2) is 5.12 Å². The maximum absolute atomic E-state index is 12.9. The van der Waals surface area contributed by atoms with Crippen LogP contribution in [0.1, 0.15) is 30.9 Å². The van der Waals surface area contributed by atoms with Gasteiger partial charge in [-0.1, -0.05) is 11.8 Å². The highest BCUT2D eigenvalue weighted by molar-refractivity contribution is 8.14. The Hall–Kier alpha value is -4.24. The topological polar surface area (TPSA) is 191 Å². The Morgan fingerprint density at radius 1 is 1.00 bits per heavy atom. The van der Waals surface area contributed by atoms with Crippen LogP contribution in [0.2, 0.25) is 0 Å². The fraction of sp³-hybridized carbons (Fsp3) is 0.400. The molecule has 15 heteroatoms. The zero-order valence-corrected chi connectivity index (χ0v) is 22.3. The van der Waals surface area contributed by atoms with Gasteiger partial charge in [0, 0.05) is 49.5 Å². The number of thioether (sulfide) groups is 1. The summed E-state index contributed by atoms with van der Waals surface area (Å²) >= 11 is 1.07. The summed E-state index contributed by atoms with van der Waals surface area (Å²) in [5.41, 5.74) is 0.929. The molecular formula is C25H28N4O10S. The third-order valence-electron chi connectivity index (χ3n) is 6.05. The predicted octanol–water partition coefficient (Wildman–Crippen LogP) is 3.54. The number of alkyl carbamates (subject to hydrolysis) is 1. The van der Waals surface area contributed by atoms with E-state index in [9.17, 15) is 39.7 Å². The molecule has 2 aromatic carbocycles. The fourth-order valence-electron chi connectivity index (χ4n) is 4.09. The van der Waals surface area contributed by atoms with Crippen molar-refractivity contribution in [2.45, 2.75) is 50.4 Å². The van der Waals surface area contributed by atoms with Crippen LogP contribution in [0.4, 0.5) is 21.0 Å². The first-order chi connectivity index (χ1) is 19.0. The molecule has 14 nitrogen and oxygen atoms in total. The lowest BCUT2D eigenvalue weighted by atomic mass is 10.1. The van der Waals surface area contributed by atoms with Crippen LogP contribution in [0, 0.1) is 20.2 Å². The molecule has 0 spiro atoms. The van der Waals surface area contributed by atoms with Gasteiger partial charge in [0.1, 0.15) is 13.2 Å². The first kappa shape index (κ1) is 30.3. The van der Waals surface area contributed by atoms with Crippen molar-refractivity contribution in [3.8, 4) is 0 Å². The number of hydrogen-bond donors (Lipinski definition) is 2. The van der Waals surface area contributed by atoms with E-state index < -0.39 is 34.2 Å². The molecule has 0 saturated carbocycles. The fourth-order valence-corrected chi connectivity index (χ4v) is 5.09. The number of nitro groups is 2. The predicted molar refractivity (Wildman–Crippen MR) is 142 cm³/mol. The van der Waals surface area contributed by atoms with Crippen LogP contribution in [0.5, 0.6) is 0 Å². The summed E-state index contributed by atoms with van der Waals surface area (Å²) < 4.78 is 10.5. The average molecular weight is 577 g/mol.